The summed E-state index contributed by atoms with van der Waals surface area (Å²) in [6.07, 6.45) is -0.732. The van der Waals surface area contributed by atoms with Gasteiger partial charge in [0.05, 0.1) is 44.6 Å². The Balaban J connectivity index is 1.11. The van der Waals surface area contributed by atoms with Crippen LogP contribution in [0.25, 0.3) is 0 Å². The molecule has 4 aromatic rings. The van der Waals surface area contributed by atoms with Gasteiger partial charge in [-0.15, -0.1) is 23.5 Å². The number of imide groups is 2. The van der Waals surface area contributed by atoms with Crippen LogP contribution in [0.4, 0.5) is 34.1 Å². The summed E-state index contributed by atoms with van der Waals surface area (Å²) in [4.78, 5) is 79.5. The van der Waals surface area contributed by atoms with Gasteiger partial charge in [-0.2, -0.15) is 20.5 Å². The molecule has 14 nitrogen and oxygen atoms in total. The Kier molecular flexibility index (Phi) is 11.0. The van der Waals surface area contributed by atoms with E-state index in [1.165, 1.54) is 24.3 Å². The van der Waals surface area contributed by atoms with Gasteiger partial charge in [0.15, 0.2) is 0 Å². The van der Waals surface area contributed by atoms with E-state index in [2.05, 4.69) is 20.5 Å². The van der Waals surface area contributed by atoms with Crippen LogP contribution in [0.2, 0.25) is 0 Å². The van der Waals surface area contributed by atoms with Gasteiger partial charge >= 0.3 is 11.9 Å². The Morgan fingerprint density at radius 3 is 1.13 bits per heavy atom. The maximum absolute atomic E-state index is 13.4. The van der Waals surface area contributed by atoms with E-state index < -0.39 is 56.6 Å². The van der Waals surface area contributed by atoms with E-state index in [1.807, 2.05) is 36.4 Å². The monoisotopic (exact) mass is 736 g/mol. The van der Waals surface area contributed by atoms with Gasteiger partial charge in [0, 0.05) is 12.8 Å². The van der Waals surface area contributed by atoms with E-state index in [-0.39, 0.29) is 24.2 Å². The number of carboxylic acids is 2. The molecule has 2 aliphatic rings. The summed E-state index contributed by atoms with van der Waals surface area (Å²) < 4.78 is 0. The minimum Gasteiger partial charge on any atom is -0.480 e. The Morgan fingerprint density at radius 1 is 0.519 bits per heavy atom. The van der Waals surface area contributed by atoms with Crippen molar-refractivity contribution in [2.75, 3.05) is 9.80 Å². The smallest absolute Gasteiger partial charge is 0.318 e. The van der Waals surface area contributed by atoms with Crippen LogP contribution in [0, 0.1) is 0 Å². The molecule has 0 spiro atoms. The van der Waals surface area contributed by atoms with Gasteiger partial charge in [-0.1, -0.05) is 36.4 Å². The van der Waals surface area contributed by atoms with Gasteiger partial charge in [-0.3, -0.25) is 28.8 Å². The molecular formula is C36H28N6O8S2. The molecule has 2 saturated heterocycles. The van der Waals surface area contributed by atoms with Crippen molar-refractivity contribution in [2.45, 2.75) is 33.8 Å². The number of thioether (sulfide) groups is 2. The summed E-state index contributed by atoms with van der Waals surface area (Å²) in [5.41, 5.74) is 2.66. The molecule has 4 unspecified atom stereocenters. The number of carboxylic acid groups (broad SMARTS) is 2. The molecule has 262 valence electrons. The van der Waals surface area contributed by atoms with Gasteiger partial charge in [-0.25, -0.2) is 9.80 Å². The molecule has 2 aliphatic heterocycles. The van der Waals surface area contributed by atoms with Crippen molar-refractivity contribution in [3.05, 3.63) is 109 Å². The Hall–Kier alpha value is -6.00. The van der Waals surface area contributed by atoms with Gasteiger partial charge in [0.25, 0.3) is 0 Å². The summed E-state index contributed by atoms with van der Waals surface area (Å²) >= 11 is 1.05. The Morgan fingerprint density at radius 2 is 0.827 bits per heavy atom. The molecule has 0 saturated carbocycles. The second-order valence-electron chi connectivity index (χ2n) is 11.4. The third kappa shape index (κ3) is 8.14. The van der Waals surface area contributed by atoms with Gasteiger partial charge < -0.3 is 10.2 Å². The molecule has 2 N–H and O–H groups in total. The summed E-state index contributed by atoms with van der Waals surface area (Å²) in [7, 11) is 0. The van der Waals surface area contributed by atoms with Gasteiger partial charge in [0.2, 0.25) is 23.6 Å². The lowest BCUT2D eigenvalue weighted by atomic mass is 10.2. The number of aliphatic carboxylic acids is 2. The van der Waals surface area contributed by atoms with Crippen LogP contribution in [-0.4, -0.2) is 66.8 Å². The quantitative estimate of drug-likeness (QED) is 0.108. The van der Waals surface area contributed by atoms with Crippen LogP contribution < -0.4 is 9.80 Å². The first-order valence-electron chi connectivity index (χ1n) is 15.7. The summed E-state index contributed by atoms with van der Waals surface area (Å²) in [6.45, 7) is 0. The molecule has 2 fully saturated rings. The molecule has 4 amide bonds. The molecule has 52 heavy (non-hydrogen) atoms. The number of benzene rings is 4. The minimum absolute atomic E-state index is 0.232. The molecule has 16 heteroatoms. The van der Waals surface area contributed by atoms with Crippen LogP contribution in [0.15, 0.2) is 130 Å². The highest BCUT2D eigenvalue weighted by atomic mass is 32.2. The first-order valence-corrected chi connectivity index (χ1v) is 17.6. The third-order valence-corrected chi connectivity index (χ3v) is 11.0. The fourth-order valence-corrected chi connectivity index (χ4v) is 8.16. The fourth-order valence-electron chi connectivity index (χ4n) is 5.39. The van der Waals surface area contributed by atoms with Crippen molar-refractivity contribution in [1.29, 1.82) is 0 Å². The number of amides is 4. The average molecular weight is 737 g/mol. The number of hydrogen-bond acceptors (Lipinski definition) is 12. The van der Waals surface area contributed by atoms with E-state index in [4.69, 9.17) is 0 Å². The zero-order valence-electron chi connectivity index (χ0n) is 27.0. The largest absolute Gasteiger partial charge is 0.480 e. The van der Waals surface area contributed by atoms with Crippen molar-refractivity contribution < 1.29 is 39.0 Å². The van der Waals surface area contributed by atoms with Gasteiger partial charge in [-0.05, 0) is 72.8 Å². The van der Waals surface area contributed by atoms with E-state index in [0.717, 1.165) is 9.80 Å². The fraction of sp³-hybridized carbons (Fsp3) is 0.167. The molecular weight excluding hydrogens is 709 g/mol. The van der Waals surface area contributed by atoms with Crippen molar-refractivity contribution in [3.63, 3.8) is 0 Å². The standard InChI is InChI=1S/C36H28N6O8S2/c43-29-19-27(33(45)41(29)25-15-11-23(12-16-25)39-37-21-7-3-1-4-8-21)51-31(35(47)48)32(36(49)50)52-28-20-30(44)42(34(28)46)26-17-13-24(14-18-26)40-38-22-9-5-2-6-10-22/h1-18,27-28,31-32H,19-20H2,(H,47,48)(H,49,50). The maximum atomic E-state index is 13.4. The highest BCUT2D eigenvalue weighted by Gasteiger charge is 2.48. The second-order valence-corrected chi connectivity index (χ2v) is 14.1. The molecule has 2 heterocycles. The van der Waals surface area contributed by atoms with Gasteiger partial charge in [0.1, 0.15) is 10.5 Å². The molecule has 0 bridgehead atoms. The zero-order chi connectivity index (χ0) is 36.8. The van der Waals surface area contributed by atoms with E-state index in [9.17, 15) is 39.0 Å². The van der Waals surface area contributed by atoms with Crippen molar-refractivity contribution in [2.24, 2.45) is 20.5 Å². The summed E-state index contributed by atoms with van der Waals surface area (Å²) in [5, 5.41) is 30.9. The second kappa shape index (κ2) is 15.9. The first-order chi connectivity index (χ1) is 25.1. The number of nitrogens with zero attached hydrogens (tertiary/aromatic N) is 6. The molecule has 0 aromatic heterocycles. The van der Waals surface area contributed by atoms with Crippen LogP contribution in [-0.2, 0) is 28.8 Å². The zero-order valence-corrected chi connectivity index (χ0v) is 28.6. The number of anilines is 2. The number of azo groups is 2. The highest BCUT2D eigenvalue weighted by Crippen LogP contribution is 2.40. The van der Waals surface area contributed by atoms with Crippen LogP contribution in [0.1, 0.15) is 12.8 Å². The molecule has 6 rings (SSSR count). The van der Waals surface area contributed by atoms with Crippen molar-refractivity contribution in [1.82, 2.24) is 0 Å². The summed E-state index contributed by atoms with van der Waals surface area (Å²) in [6, 6.07) is 30.3. The van der Waals surface area contributed by atoms with Crippen molar-refractivity contribution >= 4 is 93.2 Å². The number of carbonyl (C=O) groups is 6. The highest BCUT2D eigenvalue weighted by molar-refractivity contribution is 8.06. The molecule has 0 radical (unpaired) electrons. The minimum atomic E-state index is -1.74. The van der Waals surface area contributed by atoms with Crippen LogP contribution in [0.5, 0.6) is 0 Å². The topological polar surface area (TPSA) is 199 Å². The lowest BCUT2D eigenvalue weighted by Crippen LogP contribution is -2.40. The predicted molar refractivity (Wildman–Crippen MR) is 194 cm³/mol. The molecule has 4 atom stereocenters. The molecule has 0 aliphatic carbocycles. The van der Waals surface area contributed by atoms with Crippen molar-refractivity contribution in [3.8, 4) is 0 Å². The first kappa shape index (κ1) is 35.8. The van der Waals surface area contributed by atoms with E-state index in [0.29, 0.717) is 46.3 Å². The van der Waals surface area contributed by atoms with Crippen LogP contribution >= 0.6 is 23.5 Å². The molecule has 4 aromatic carbocycles. The lowest BCUT2D eigenvalue weighted by Gasteiger charge is -2.23. The van der Waals surface area contributed by atoms with E-state index >= 15 is 0 Å². The maximum Gasteiger partial charge on any atom is 0.318 e. The number of carbonyl (C=O) groups excluding carboxylic acids is 4. The lowest BCUT2D eigenvalue weighted by molar-refractivity contribution is -0.142. The SMILES string of the molecule is O=C(O)C(SC1CC(=O)N(c2ccc(N=Nc3ccccc3)cc2)C1=O)C(SC1CC(=O)N(c2ccc(N=Nc3ccccc3)cc2)C1=O)C(=O)O. The van der Waals surface area contributed by atoms with E-state index in [1.54, 1.807) is 48.5 Å². The number of hydrogen-bond donors (Lipinski definition) is 2. The van der Waals surface area contributed by atoms with Crippen LogP contribution in [0.3, 0.4) is 0 Å². The Bertz CT molecular complexity index is 1920. The third-order valence-electron chi connectivity index (χ3n) is 7.88. The normalized spacial score (nSPS) is 18.8. The summed E-state index contributed by atoms with van der Waals surface area (Å²) in [5.74, 6) is -5.70. The Labute approximate surface area is 304 Å². The average Bonchev–Trinajstić information content (AvgIpc) is 3.59. The predicted octanol–water partition coefficient (Wildman–Crippen LogP) is 6.85. The number of rotatable bonds is 13.